The summed E-state index contributed by atoms with van der Waals surface area (Å²) in [5.74, 6) is -0.121. The maximum Gasteiger partial charge on any atom is 0.263 e. The van der Waals surface area contributed by atoms with Crippen molar-refractivity contribution in [3.05, 3.63) is 46.2 Å². The molecule has 2 aliphatic rings. The average Bonchev–Trinajstić information content (AvgIpc) is 3.02. The summed E-state index contributed by atoms with van der Waals surface area (Å²) in [7, 11) is 1.69. The molecule has 4 N–H and O–H groups in total. The third kappa shape index (κ3) is 4.65. The molecule has 1 saturated heterocycles. The predicted octanol–water partition coefficient (Wildman–Crippen LogP) is 2.87. The summed E-state index contributed by atoms with van der Waals surface area (Å²) in [6.07, 6.45) is 0.340. The normalized spacial score (nSPS) is 22.4. The van der Waals surface area contributed by atoms with Gasteiger partial charge in [-0.2, -0.15) is 0 Å². The minimum atomic E-state index is -0.373. The zero-order chi connectivity index (χ0) is 24.7. The molecule has 1 amide bonds. The summed E-state index contributed by atoms with van der Waals surface area (Å²) in [5, 5.41) is 7.10. The molecule has 2 aromatic heterocycles. The van der Waals surface area contributed by atoms with Crippen molar-refractivity contribution in [2.75, 3.05) is 50.5 Å². The van der Waals surface area contributed by atoms with Crippen molar-refractivity contribution in [3.8, 4) is 5.75 Å². The predicted molar refractivity (Wildman–Crippen MR) is 136 cm³/mol. The van der Waals surface area contributed by atoms with Crippen LogP contribution in [0.3, 0.4) is 0 Å². The smallest absolute Gasteiger partial charge is 0.263 e. The van der Waals surface area contributed by atoms with Gasteiger partial charge in [-0.25, -0.2) is 9.37 Å². The molecule has 35 heavy (non-hydrogen) atoms. The van der Waals surface area contributed by atoms with Crippen LogP contribution in [0.2, 0.25) is 0 Å². The molecule has 0 saturated carbocycles. The molecule has 0 bridgehead atoms. The maximum absolute atomic E-state index is 15.2. The van der Waals surface area contributed by atoms with E-state index in [2.05, 4.69) is 20.5 Å². The van der Waals surface area contributed by atoms with E-state index in [1.807, 2.05) is 32.0 Å². The molecule has 1 fully saturated rings. The Bertz CT molecular complexity index is 1280. The number of nitrogens with two attached hydrogens (primary N) is 1. The number of nitrogen functional groups attached to an aromatic ring is 1. The van der Waals surface area contributed by atoms with Crippen LogP contribution in [0.4, 0.5) is 15.8 Å². The molecule has 0 unspecified atom stereocenters. The summed E-state index contributed by atoms with van der Waals surface area (Å²) >= 11 is 1.26. The number of benzene rings is 1. The fourth-order valence-electron chi connectivity index (χ4n) is 4.67. The Morgan fingerprint density at radius 3 is 3.06 bits per heavy atom. The number of hydrogen-bond donors (Lipinski definition) is 3. The number of carbonyl (C=O) groups is 1. The standard InChI is InChI=1S/C25H30FN5O3S/c1-14-4-5-17-21(27)22(35-24(17)29-14)23(32)30-15-8-18-19(26)9-16(10-20(18)34-11-15)31-7-6-28-12-25(2,13-31)33-3/h4-5,9-10,15,28H,6-8,11-13,27H2,1-3H3,(H,30,32)/t15-,25-/m1/s1. The molecule has 186 valence electrons. The zero-order valence-corrected chi connectivity index (χ0v) is 20.9. The zero-order valence-electron chi connectivity index (χ0n) is 20.1. The number of methoxy groups -OCH3 is 1. The highest BCUT2D eigenvalue weighted by Crippen LogP contribution is 2.35. The first-order valence-corrected chi connectivity index (χ1v) is 12.5. The number of amides is 1. The topological polar surface area (TPSA) is 102 Å². The molecule has 0 radical (unpaired) electrons. The summed E-state index contributed by atoms with van der Waals surface area (Å²) in [4.78, 5) is 20.7. The Kier molecular flexibility index (Phi) is 6.29. The van der Waals surface area contributed by atoms with Crippen LogP contribution >= 0.6 is 11.3 Å². The number of rotatable bonds is 4. The number of carbonyl (C=O) groups excluding carboxylic acids is 1. The summed E-state index contributed by atoms with van der Waals surface area (Å²) < 4.78 is 26.9. The molecule has 0 aliphatic carbocycles. The lowest BCUT2D eigenvalue weighted by Crippen LogP contribution is -2.45. The fourth-order valence-corrected chi connectivity index (χ4v) is 5.71. The molecule has 0 spiro atoms. The van der Waals surface area contributed by atoms with Gasteiger partial charge in [0, 0.05) is 68.1 Å². The molecule has 4 heterocycles. The highest BCUT2D eigenvalue weighted by atomic mass is 32.1. The maximum atomic E-state index is 15.2. The van der Waals surface area contributed by atoms with Crippen LogP contribution in [-0.2, 0) is 11.2 Å². The van der Waals surface area contributed by atoms with Gasteiger partial charge < -0.3 is 30.7 Å². The van der Waals surface area contributed by atoms with E-state index in [9.17, 15) is 4.79 Å². The quantitative estimate of drug-likeness (QED) is 0.507. The number of nitrogens with zero attached hydrogens (tertiary/aromatic N) is 2. The molecule has 10 heteroatoms. The van der Waals surface area contributed by atoms with Crippen LogP contribution < -0.4 is 26.0 Å². The third-order valence-corrected chi connectivity index (χ3v) is 7.86. The lowest BCUT2D eigenvalue weighted by atomic mass is 10.0. The van der Waals surface area contributed by atoms with Crippen molar-refractivity contribution in [2.24, 2.45) is 0 Å². The number of fused-ring (bicyclic) bond motifs is 2. The second kappa shape index (κ2) is 9.25. The summed E-state index contributed by atoms with van der Waals surface area (Å²) in [6.45, 7) is 7.07. The summed E-state index contributed by atoms with van der Waals surface area (Å²) in [6, 6.07) is 6.81. The largest absolute Gasteiger partial charge is 0.491 e. The van der Waals surface area contributed by atoms with Gasteiger partial charge in [-0.05, 0) is 32.0 Å². The van der Waals surface area contributed by atoms with Gasteiger partial charge >= 0.3 is 0 Å². The molecular weight excluding hydrogens is 469 g/mol. The van der Waals surface area contributed by atoms with E-state index in [0.29, 0.717) is 34.8 Å². The minimum Gasteiger partial charge on any atom is -0.491 e. The average molecular weight is 500 g/mol. The first kappa shape index (κ1) is 23.8. The van der Waals surface area contributed by atoms with Gasteiger partial charge in [0.15, 0.2) is 0 Å². The first-order valence-electron chi connectivity index (χ1n) is 11.7. The lowest BCUT2D eigenvalue weighted by molar-refractivity contribution is 0.0177. The molecule has 3 aromatic rings. The van der Waals surface area contributed by atoms with Gasteiger partial charge in [0.25, 0.3) is 5.91 Å². The second-order valence-corrected chi connectivity index (χ2v) is 10.5. The SMILES string of the molecule is CO[C@]1(C)CNCCN(c2cc(F)c3c(c2)OC[C@H](NC(=O)c2sc4nc(C)ccc4c2N)C3)C1. The van der Waals surface area contributed by atoms with Gasteiger partial charge in [-0.1, -0.05) is 0 Å². The number of anilines is 2. The molecule has 2 aliphatic heterocycles. The number of pyridine rings is 1. The van der Waals surface area contributed by atoms with Crippen molar-refractivity contribution >= 4 is 38.8 Å². The molecule has 2 atom stereocenters. The molecule has 1 aromatic carbocycles. The summed E-state index contributed by atoms with van der Waals surface area (Å²) in [5.41, 5.74) is 8.36. The van der Waals surface area contributed by atoms with Gasteiger partial charge in [-0.3, -0.25) is 4.79 Å². The van der Waals surface area contributed by atoms with Crippen molar-refractivity contribution in [1.82, 2.24) is 15.6 Å². The second-order valence-electron chi connectivity index (χ2n) is 9.49. The van der Waals surface area contributed by atoms with E-state index in [-0.39, 0.29) is 30.0 Å². The van der Waals surface area contributed by atoms with Gasteiger partial charge in [0.2, 0.25) is 0 Å². The van der Waals surface area contributed by atoms with Crippen LogP contribution in [0.1, 0.15) is 27.9 Å². The van der Waals surface area contributed by atoms with Gasteiger partial charge in [0.1, 0.15) is 27.9 Å². The minimum absolute atomic E-state index is 0.251. The van der Waals surface area contributed by atoms with Crippen molar-refractivity contribution in [2.45, 2.75) is 31.9 Å². The monoisotopic (exact) mass is 499 g/mol. The Morgan fingerprint density at radius 2 is 2.26 bits per heavy atom. The fraction of sp³-hybridized carbons (Fsp3) is 0.440. The highest BCUT2D eigenvalue weighted by Gasteiger charge is 2.31. The van der Waals surface area contributed by atoms with Crippen molar-refractivity contribution in [3.63, 3.8) is 0 Å². The van der Waals surface area contributed by atoms with E-state index >= 15 is 4.39 Å². The van der Waals surface area contributed by atoms with Crippen molar-refractivity contribution < 1.29 is 18.7 Å². The van der Waals surface area contributed by atoms with Crippen LogP contribution in [0.25, 0.3) is 10.2 Å². The number of nitrogens with one attached hydrogen (secondary N) is 2. The van der Waals surface area contributed by atoms with E-state index < -0.39 is 0 Å². The van der Waals surface area contributed by atoms with Crippen molar-refractivity contribution in [1.29, 1.82) is 0 Å². The molecule has 8 nitrogen and oxygen atoms in total. The third-order valence-electron chi connectivity index (χ3n) is 6.75. The molecular formula is C25H30FN5O3S. The Hall–Kier alpha value is -2.95. The van der Waals surface area contributed by atoms with Crippen LogP contribution in [0.5, 0.6) is 5.75 Å². The lowest BCUT2D eigenvalue weighted by Gasteiger charge is -2.33. The first-order chi connectivity index (χ1) is 16.8. The van der Waals surface area contributed by atoms with E-state index in [4.69, 9.17) is 15.2 Å². The highest BCUT2D eigenvalue weighted by molar-refractivity contribution is 7.21. The number of halogens is 1. The van der Waals surface area contributed by atoms with Gasteiger partial charge in [-0.15, -0.1) is 11.3 Å². The number of aromatic nitrogens is 1. The molecule has 5 rings (SSSR count). The number of ether oxygens (including phenoxy) is 2. The Morgan fingerprint density at radius 1 is 1.43 bits per heavy atom. The van der Waals surface area contributed by atoms with Crippen LogP contribution in [0, 0.1) is 12.7 Å². The number of hydrogen-bond acceptors (Lipinski definition) is 8. The van der Waals surface area contributed by atoms with Crippen LogP contribution in [-0.4, -0.2) is 62.4 Å². The van der Waals surface area contributed by atoms with E-state index in [1.165, 1.54) is 11.3 Å². The Balaban J connectivity index is 1.32. The van der Waals surface area contributed by atoms with E-state index in [0.717, 1.165) is 41.2 Å². The van der Waals surface area contributed by atoms with Crippen LogP contribution in [0.15, 0.2) is 24.3 Å². The number of aryl methyl sites for hydroxylation is 1. The number of thiophene rings is 1. The van der Waals surface area contributed by atoms with Gasteiger partial charge in [0.05, 0.1) is 17.3 Å². The van der Waals surface area contributed by atoms with E-state index in [1.54, 1.807) is 13.2 Å². The Labute approximate surface area is 207 Å².